The summed E-state index contributed by atoms with van der Waals surface area (Å²) >= 11 is 0. The van der Waals surface area contributed by atoms with Crippen LogP contribution in [0.4, 0.5) is 10.1 Å². The summed E-state index contributed by atoms with van der Waals surface area (Å²) in [4.78, 5) is 51.7. The number of aliphatic hydroxyl groups is 1. The normalized spacial score (nSPS) is 18.3. The lowest BCUT2D eigenvalue weighted by Gasteiger charge is -2.26. The van der Waals surface area contributed by atoms with E-state index in [0.717, 1.165) is 22.6 Å². The van der Waals surface area contributed by atoms with Gasteiger partial charge in [0, 0.05) is 50.5 Å². The molecule has 3 atom stereocenters. The largest absolute Gasteiger partial charge is 0.391 e. The van der Waals surface area contributed by atoms with Gasteiger partial charge in [-0.3, -0.25) is 14.4 Å². The van der Waals surface area contributed by atoms with Crippen molar-refractivity contribution in [3.8, 4) is 0 Å². The van der Waals surface area contributed by atoms with Crippen molar-refractivity contribution >= 4 is 40.4 Å². The molecule has 1 aliphatic heterocycles. The van der Waals surface area contributed by atoms with Crippen LogP contribution in [0.2, 0.25) is 0 Å². The number of allylic oxidation sites excluding steroid dienone is 1. The van der Waals surface area contributed by atoms with Gasteiger partial charge >= 0.3 is 0 Å². The SMILES string of the molecule is C[C@H](NC(=O)[C@@H]1C[C@@H](O)CN1C(=O)CNC(=O)c1ccc2cc(F)ccc2n1)c1ccc(N(C)Cc2nccn2C)cc1/C=C/C1CC1. The maximum absolute atomic E-state index is 13.6. The van der Waals surface area contributed by atoms with Gasteiger partial charge in [0.05, 0.1) is 30.8 Å². The van der Waals surface area contributed by atoms with Crippen molar-refractivity contribution in [1.82, 2.24) is 30.1 Å². The number of β-amino-alcohol motifs (C(OH)–C–C–N with tert-alkyl or cyclic N) is 1. The molecule has 3 N–H and O–H groups in total. The summed E-state index contributed by atoms with van der Waals surface area (Å²) in [5.41, 5.74) is 3.46. The molecule has 12 heteroatoms. The molecule has 2 aromatic carbocycles. The van der Waals surface area contributed by atoms with Gasteiger partial charge in [-0.25, -0.2) is 14.4 Å². The van der Waals surface area contributed by atoms with Crippen LogP contribution in [0.1, 0.15) is 59.7 Å². The van der Waals surface area contributed by atoms with Gasteiger partial charge in [-0.1, -0.05) is 24.3 Å². The van der Waals surface area contributed by atoms with Crippen LogP contribution in [0.5, 0.6) is 0 Å². The Labute approximate surface area is 278 Å². The molecule has 1 aliphatic carbocycles. The predicted molar refractivity (Wildman–Crippen MR) is 180 cm³/mol. The fourth-order valence-corrected chi connectivity index (χ4v) is 6.02. The second kappa shape index (κ2) is 13.9. The molecular weight excluding hydrogens is 613 g/mol. The molecule has 0 unspecified atom stereocenters. The molecule has 3 amide bonds. The standard InChI is InChI=1S/C36H40FN7O4/c1-22(29-11-10-27(17-24(29)7-6-23-4-5-23)43(3)21-33-38-14-15-42(33)2)40-36(48)32-18-28(45)20-44(32)34(46)19-39-35(47)31-12-8-25-16-26(37)9-13-30(25)41-31/h6-17,22-23,28,32,45H,4-5,18-21H2,1-3H3,(H,39,47)(H,40,48)/b7-6+/t22-,28+,32-/m0/s1. The van der Waals surface area contributed by atoms with E-state index < -0.39 is 29.8 Å². The highest BCUT2D eigenvalue weighted by molar-refractivity contribution is 5.97. The number of hydrogen-bond donors (Lipinski definition) is 3. The van der Waals surface area contributed by atoms with Gasteiger partial charge < -0.3 is 30.1 Å². The average Bonchev–Trinajstić information content (AvgIpc) is 3.70. The highest BCUT2D eigenvalue weighted by atomic mass is 19.1. The van der Waals surface area contributed by atoms with Crippen LogP contribution >= 0.6 is 0 Å². The number of amides is 3. The number of hydrogen-bond acceptors (Lipinski definition) is 7. The van der Waals surface area contributed by atoms with Crippen molar-refractivity contribution < 1.29 is 23.9 Å². The molecule has 0 radical (unpaired) electrons. The van der Waals surface area contributed by atoms with Gasteiger partial charge in [0.1, 0.15) is 23.4 Å². The summed E-state index contributed by atoms with van der Waals surface area (Å²) in [6.07, 6.45) is 9.60. The number of imidazole rings is 1. The van der Waals surface area contributed by atoms with Gasteiger partial charge in [-0.2, -0.15) is 0 Å². The number of aliphatic hydroxyl groups excluding tert-OH is 1. The predicted octanol–water partition coefficient (Wildman–Crippen LogP) is 3.74. The van der Waals surface area contributed by atoms with E-state index in [4.69, 9.17) is 0 Å². The number of pyridine rings is 1. The number of nitrogens with one attached hydrogen (secondary N) is 2. The van der Waals surface area contributed by atoms with E-state index in [0.29, 0.717) is 23.4 Å². The third-order valence-electron chi connectivity index (χ3n) is 8.99. The van der Waals surface area contributed by atoms with Gasteiger partial charge in [-0.05, 0) is 73.2 Å². The average molecular weight is 654 g/mol. The van der Waals surface area contributed by atoms with Crippen molar-refractivity contribution in [1.29, 1.82) is 0 Å². The Bertz CT molecular complexity index is 1870. The van der Waals surface area contributed by atoms with E-state index in [1.54, 1.807) is 12.3 Å². The number of fused-ring (bicyclic) bond motifs is 1. The first-order valence-electron chi connectivity index (χ1n) is 16.2. The van der Waals surface area contributed by atoms with Crippen LogP contribution in [0.25, 0.3) is 17.0 Å². The molecule has 11 nitrogen and oxygen atoms in total. The molecule has 250 valence electrons. The lowest BCUT2D eigenvalue weighted by atomic mass is 9.98. The van der Waals surface area contributed by atoms with Crippen LogP contribution in [-0.4, -0.2) is 74.5 Å². The summed E-state index contributed by atoms with van der Waals surface area (Å²) in [6, 6.07) is 12.0. The van der Waals surface area contributed by atoms with Gasteiger partial charge in [0.15, 0.2) is 0 Å². The van der Waals surface area contributed by atoms with E-state index in [-0.39, 0.29) is 37.2 Å². The Balaban J connectivity index is 1.11. The maximum Gasteiger partial charge on any atom is 0.270 e. The first-order valence-corrected chi connectivity index (χ1v) is 16.2. The van der Waals surface area contributed by atoms with E-state index in [1.165, 1.54) is 42.0 Å². The van der Waals surface area contributed by atoms with E-state index in [1.807, 2.05) is 43.9 Å². The number of carbonyl (C=O) groups is 3. The van der Waals surface area contributed by atoms with Crippen LogP contribution in [0.3, 0.4) is 0 Å². The molecule has 48 heavy (non-hydrogen) atoms. The second-order valence-corrected chi connectivity index (χ2v) is 12.7. The van der Waals surface area contributed by atoms with Gasteiger partial charge in [0.2, 0.25) is 11.8 Å². The third kappa shape index (κ3) is 7.54. The van der Waals surface area contributed by atoms with Crippen LogP contribution < -0.4 is 15.5 Å². The molecule has 6 rings (SSSR count). The fourth-order valence-electron chi connectivity index (χ4n) is 6.02. The first-order chi connectivity index (χ1) is 23.0. The number of halogens is 1. The smallest absolute Gasteiger partial charge is 0.270 e. The molecule has 2 fully saturated rings. The van der Waals surface area contributed by atoms with Crippen LogP contribution in [-0.2, 0) is 23.2 Å². The van der Waals surface area contributed by atoms with Crippen LogP contribution in [0, 0.1) is 11.7 Å². The van der Waals surface area contributed by atoms with E-state index >= 15 is 0 Å². The fraction of sp³-hybridized carbons (Fsp3) is 0.361. The Hall–Kier alpha value is -5.10. The number of likely N-dealkylation sites (tertiary alicyclic amines) is 1. The minimum absolute atomic E-state index is 0.0205. The molecular formula is C36H40FN7O4. The second-order valence-electron chi connectivity index (χ2n) is 12.7. The Morgan fingerprint density at radius 1 is 1.15 bits per heavy atom. The highest BCUT2D eigenvalue weighted by Gasteiger charge is 2.39. The third-order valence-corrected chi connectivity index (χ3v) is 8.99. The number of aromatic nitrogens is 3. The molecule has 2 aliphatic rings. The summed E-state index contributed by atoms with van der Waals surface area (Å²) in [7, 11) is 3.99. The zero-order valence-corrected chi connectivity index (χ0v) is 27.3. The molecule has 2 aromatic heterocycles. The molecule has 0 spiro atoms. The molecule has 0 bridgehead atoms. The van der Waals surface area contributed by atoms with Gasteiger partial charge in [-0.15, -0.1) is 0 Å². The number of anilines is 1. The summed E-state index contributed by atoms with van der Waals surface area (Å²) in [5.74, 6) is -0.350. The molecule has 1 saturated carbocycles. The maximum atomic E-state index is 13.6. The summed E-state index contributed by atoms with van der Waals surface area (Å²) in [5, 5.41) is 16.6. The Kier molecular flexibility index (Phi) is 9.54. The van der Waals surface area contributed by atoms with Crippen LogP contribution in [0.15, 0.2) is 67.0 Å². The number of nitrogens with zero attached hydrogens (tertiary/aromatic N) is 5. The number of rotatable bonds is 11. The van der Waals surface area contributed by atoms with E-state index in [2.05, 4.69) is 43.7 Å². The Morgan fingerprint density at radius 3 is 2.71 bits per heavy atom. The lowest BCUT2D eigenvalue weighted by Crippen LogP contribution is -2.49. The quantitative estimate of drug-likeness (QED) is 0.225. The monoisotopic (exact) mass is 653 g/mol. The minimum atomic E-state index is -0.894. The van der Waals surface area contributed by atoms with Crippen molar-refractivity contribution in [2.45, 2.75) is 50.9 Å². The zero-order valence-electron chi connectivity index (χ0n) is 27.3. The molecule has 3 heterocycles. The minimum Gasteiger partial charge on any atom is -0.391 e. The topological polar surface area (TPSA) is 133 Å². The first kappa shape index (κ1) is 32.8. The Morgan fingerprint density at radius 2 is 1.96 bits per heavy atom. The van der Waals surface area contributed by atoms with Crippen molar-refractivity contribution in [3.05, 3.63) is 95.5 Å². The van der Waals surface area contributed by atoms with Crippen molar-refractivity contribution in [3.63, 3.8) is 0 Å². The highest BCUT2D eigenvalue weighted by Crippen LogP contribution is 2.33. The molecule has 1 saturated heterocycles. The summed E-state index contributed by atoms with van der Waals surface area (Å²) in [6.45, 7) is 2.14. The number of aryl methyl sites for hydroxylation is 1. The molecule has 4 aromatic rings. The van der Waals surface area contributed by atoms with Gasteiger partial charge in [0.25, 0.3) is 5.91 Å². The number of benzene rings is 2. The lowest BCUT2D eigenvalue weighted by molar-refractivity contribution is -0.138. The van der Waals surface area contributed by atoms with Crippen molar-refractivity contribution in [2.75, 3.05) is 25.0 Å². The zero-order chi connectivity index (χ0) is 33.9. The van der Waals surface area contributed by atoms with E-state index in [9.17, 15) is 23.9 Å². The summed E-state index contributed by atoms with van der Waals surface area (Å²) < 4.78 is 15.5. The number of carbonyl (C=O) groups excluding carboxylic acids is 3. The van der Waals surface area contributed by atoms with Crippen molar-refractivity contribution in [2.24, 2.45) is 13.0 Å².